The molecule has 1 unspecified atom stereocenters. The minimum Gasteiger partial charge on any atom is -0.330 e. The Kier molecular flexibility index (Phi) is 4.21. The molecule has 1 atom stereocenters. The van der Waals surface area contributed by atoms with Gasteiger partial charge in [-0.15, -0.1) is 4.40 Å². The molecule has 1 heterocycles. The zero-order chi connectivity index (χ0) is 13.9. The summed E-state index contributed by atoms with van der Waals surface area (Å²) in [6.07, 6.45) is 1.42. The number of fused-ring (bicyclic) bond motifs is 1. The number of nitrogens with one attached hydrogen (secondary N) is 1. The first-order chi connectivity index (χ1) is 9.04. The maximum Gasteiger partial charge on any atom is 0.285 e. The maximum absolute atomic E-state index is 11.8. The number of rotatable bonds is 5. The highest BCUT2D eigenvalue weighted by atomic mass is 32.2. The van der Waals surface area contributed by atoms with Crippen molar-refractivity contribution in [1.82, 2.24) is 5.32 Å². The van der Waals surface area contributed by atoms with Crippen LogP contribution in [0.5, 0.6) is 0 Å². The average Bonchev–Trinajstić information content (AvgIpc) is 2.40. The number of hydrogen-bond acceptors (Lipinski definition) is 4. The lowest BCUT2D eigenvalue weighted by atomic mass is 10.1. The van der Waals surface area contributed by atoms with Crippen LogP contribution >= 0.6 is 0 Å². The molecular weight excluding hydrogens is 262 g/mol. The van der Waals surface area contributed by atoms with Crippen molar-refractivity contribution in [3.05, 3.63) is 24.3 Å². The van der Waals surface area contributed by atoms with Crippen LogP contribution in [0.1, 0.15) is 13.8 Å². The van der Waals surface area contributed by atoms with Gasteiger partial charge >= 0.3 is 0 Å². The molecule has 6 heteroatoms. The Hall–Kier alpha value is -1.40. The Balaban J connectivity index is 2.20. The lowest BCUT2D eigenvalue weighted by Crippen LogP contribution is -2.35. The van der Waals surface area contributed by atoms with Crippen molar-refractivity contribution < 1.29 is 8.42 Å². The predicted octanol–water partition coefficient (Wildman–Crippen LogP) is 1.47. The van der Waals surface area contributed by atoms with Crippen molar-refractivity contribution >= 4 is 22.0 Å². The Morgan fingerprint density at radius 2 is 2.11 bits per heavy atom. The summed E-state index contributed by atoms with van der Waals surface area (Å²) in [6, 6.07) is 6.98. The normalized spacial score (nSPS) is 18.1. The second kappa shape index (κ2) is 5.71. The van der Waals surface area contributed by atoms with E-state index in [1.54, 1.807) is 12.1 Å². The van der Waals surface area contributed by atoms with Gasteiger partial charge in [-0.1, -0.05) is 26.0 Å². The fourth-order valence-electron chi connectivity index (χ4n) is 2.09. The number of nitrogens with zero attached hydrogens (tertiary/aromatic N) is 2. The van der Waals surface area contributed by atoms with E-state index in [0.717, 1.165) is 19.6 Å². The highest BCUT2D eigenvalue weighted by Gasteiger charge is 2.25. The van der Waals surface area contributed by atoms with Gasteiger partial charge in [-0.2, -0.15) is 8.42 Å². The SMILES string of the molecule is CCNCC(C)CN1C=NS(=O)(=O)c2ccccc21. The van der Waals surface area contributed by atoms with Gasteiger partial charge in [-0.3, -0.25) is 0 Å². The number of sulfonamides is 1. The molecule has 0 saturated heterocycles. The highest BCUT2D eigenvalue weighted by Crippen LogP contribution is 2.29. The predicted molar refractivity (Wildman–Crippen MR) is 77.2 cm³/mol. The molecule has 0 bridgehead atoms. The Morgan fingerprint density at radius 1 is 1.37 bits per heavy atom. The van der Waals surface area contributed by atoms with Gasteiger partial charge in [-0.25, -0.2) is 0 Å². The van der Waals surface area contributed by atoms with Crippen LogP contribution in [0.15, 0.2) is 33.6 Å². The molecule has 0 spiro atoms. The van der Waals surface area contributed by atoms with Crippen LogP contribution in [0.4, 0.5) is 5.69 Å². The Bertz CT molecular complexity index is 569. The topological polar surface area (TPSA) is 61.8 Å². The summed E-state index contributed by atoms with van der Waals surface area (Å²) < 4.78 is 27.3. The van der Waals surface area contributed by atoms with Crippen molar-refractivity contribution in [2.45, 2.75) is 18.7 Å². The largest absolute Gasteiger partial charge is 0.330 e. The van der Waals surface area contributed by atoms with E-state index in [1.165, 1.54) is 6.34 Å². The lowest BCUT2D eigenvalue weighted by Gasteiger charge is -2.27. The quantitative estimate of drug-likeness (QED) is 0.888. The molecular formula is C13H19N3O2S. The molecule has 104 valence electrons. The van der Waals surface area contributed by atoms with Crippen molar-refractivity contribution in [1.29, 1.82) is 0 Å². The van der Waals surface area contributed by atoms with Crippen LogP contribution < -0.4 is 10.2 Å². The molecule has 0 fully saturated rings. The van der Waals surface area contributed by atoms with E-state index in [2.05, 4.69) is 23.6 Å². The van der Waals surface area contributed by atoms with E-state index in [1.807, 2.05) is 17.0 Å². The first-order valence-corrected chi connectivity index (χ1v) is 7.85. The minimum atomic E-state index is -3.52. The van der Waals surface area contributed by atoms with E-state index in [4.69, 9.17) is 0 Å². The molecule has 19 heavy (non-hydrogen) atoms. The summed E-state index contributed by atoms with van der Waals surface area (Å²) in [5, 5.41) is 3.29. The summed E-state index contributed by atoms with van der Waals surface area (Å²) >= 11 is 0. The van der Waals surface area contributed by atoms with Crippen LogP contribution in [-0.2, 0) is 10.0 Å². The molecule has 0 amide bonds. The Labute approximate surface area is 114 Å². The molecule has 1 aliphatic rings. The van der Waals surface area contributed by atoms with Crippen molar-refractivity contribution in [2.24, 2.45) is 10.3 Å². The van der Waals surface area contributed by atoms with E-state index in [0.29, 0.717) is 11.6 Å². The van der Waals surface area contributed by atoms with Gasteiger partial charge in [0.1, 0.15) is 11.2 Å². The molecule has 1 aromatic rings. The minimum absolute atomic E-state index is 0.285. The molecule has 1 aromatic carbocycles. The zero-order valence-electron chi connectivity index (χ0n) is 11.2. The van der Waals surface area contributed by atoms with Gasteiger partial charge in [0.15, 0.2) is 0 Å². The van der Waals surface area contributed by atoms with Crippen LogP contribution in [0.3, 0.4) is 0 Å². The average molecular weight is 281 g/mol. The first-order valence-electron chi connectivity index (χ1n) is 6.41. The first kappa shape index (κ1) is 14.0. The molecule has 0 radical (unpaired) electrons. The summed E-state index contributed by atoms with van der Waals surface area (Å²) in [5.74, 6) is 0.403. The van der Waals surface area contributed by atoms with Crippen LogP contribution in [-0.4, -0.2) is 34.4 Å². The smallest absolute Gasteiger partial charge is 0.285 e. The number of hydrogen-bond donors (Lipinski definition) is 1. The molecule has 0 aliphatic carbocycles. The van der Waals surface area contributed by atoms with Crippen LogP contribution in [0.25, 0.3) is 0 Å². The number of para-hydroxylation sites is 1. The van der Waals surface area contributed by atoms with Gasteiger partial charge in [0.2, 0.25) is 0 Å². The van der Waals surface area contributed by atoms with E-state index in [9.17, 15) is 8.42 Å². The van der Waals surface area contributed by atoms with Crippen LogP contribution in [0.2, 0.25) is 0 Å². The van der Waals surface area contributed by atoms with Gasteiger partial charge in [-0.05, 0) is 31.1 Å². The molecule has 5 nitrogen and oxygen atoms in total. The molecule has 0 saturated carbocycles. The van der Waals surface area contributed by atoms with Crippen LogP contribution in [0, 0.1) is 5.92 Å². The van der Waals surface area contributed by atoms with Crippen molar-refractivity contribution in [2.75, 3.05) is 24.5 Å². The molecule has 1 aliphatic heterocycles. The third-order valence-corrected chi connectivity index (χ3v) is 4.30. The monoisotopic (exact) mass is 281 g/mol. The third kappa shape index (κ3) is 3.13. The lowest BCUT2D eigenvalue weighted by molar-refractivity contribution is 0.531. The summed E-state index contributed by atoms with van der Waals surface area (Å²) in [7, 11) is -3.52. The summed E-state index contributed by atoms with van der Waals surface area (Å²) in [5.41, 5.74) is 0.709. The maximum atomic E-state index is 11.8. The Morgan fingerprint density at radius 3 is 2.84 bits per heavy atom. The van der Waals surface area contributed by atoms with Gasteiger partial charge in [0.25, 0.3) is 10.0 Å². The second-order valence-corrected chi connectivity index (χ2v) is 6.33. The number of anilines is 1. The van der Waals surface area contributed by atoms with Gasteiger partial charge in [0.05, 0.1) is 5.69 Å². The standard InChI is InChI=1S/C13H19N3O2S/c1-3-14-8-11(2)9-16-10-15-19(17,18)13-7-5-4-6-12(13)16/h4-7,10-11,14H,3,8-9H2,1-2H3. The number of benzene rings is 1. The van der Waals surface area contributed by atoms with Crippen molar-refractivity contribution in [3.63, 3.8) is 0 Å². The fourth-order valence-corrected chi connectivity index (χ4v) is 3.14. The summed E-state index contributed by atoms with van der Waals surface area (Å²) in [6.45, 7) is 6.77. The highest BCUT2D eigenvalue weighted by molar-refractivity contribution is 7.90. The van der Waals surface area contributed by atoms with Crippen molar-refractivity contribution in [3.8, 4) is 0 Å². The summed E-state index contributed by atoms with van der Waals surface area (Å²) in [4.78, 5) is 2.19. The van der Waals surface area contributed by atoms with E-state index < -0.39 is 10.0 Å². The third-order valence-electron chi connectivity index (χ3n) is 3.03. The molecule has 0 aromatic heterocycles. The van der Waals surface area contributed by atoms with Gasteiger partial charge in [0, 0.05) is 6.54 Å². The second-order valence-electron chi connectivity index (χ2n) is 4.73. The molecule has 2 rings (SSSR count). The zero-order valence-corrected chi connectivity index (χ0v) is 12.0. The van der Waals surface area contributed by atoms with Gasteiger partial charge < -0.3 is 10.2 Å². The van der Waals surface area contributed by atoms with E-state index >= 15 is 0 Å². The molecule has 1 N–H and O–H groups in total. The van der Waals surface area contributed by atoms with E-state index in [-0.39, 0.29) is 4.90 Å². The fraction of sp³-hybridized carbons (Fsp3) is 0.462.